The zero-order valence-electron chi connectivity index (χ0n) is 9.68. The van der Waals surface area contributed by atoms with E-state index in [4.69, 9.17) is 4.42 Å². The van der Waals surface area contributed by atoms with E-state index in [1.807, 2.05) is 13.0 Å². The summed E-state index contributed by atoms with van der Waals surface area (Å²) in [6, 6.07) is 10.6. The molecule has 0 atom stereocenters. The van der Waals surface area contributed by atoms with E-state index in [2.05, 4.69) is 26.5 Å². The molecule has 18 heavy (non-hydrogen) atoms. The van der Waals surface area contributed by atoms with Crippen LogP contribution in [0.15, 0.2) is 50.4 Å². The van der Waals surface area contributed by atoms with Gasteiger partial charge < -0.3 is 4.42 Å². The maximum Gasteiger partial charge on any atom is 0.271 e. The monoisotopic (exact) mass is 306 g/mol. The molecule has 0 bridgehead atoms. The number of hydrogen-bond acceptors (Lipinski definition) is 3. The van der Waals surface area contributed by atoms with E-state index in [0.29, 0.717) is 11.3 Å². The number of nitrogens with one attached hydrogen (secondary N) is 1. The molecule has 5 heteroatoms. The Morgan fingerprint density at radius 3 is 2.61 bits per heavy atom. The summed E-state index contributed by atoms with van der Waals surface area (Å²) in [6.45, 7) is 1.84. The van der Waals surface area contributed by atoms with Crippen molar-refractivity contribution in [3.8, 4) is 0 Å². The molecule has 0 unspecified atom stereocenters. The number of carbonyl (C=O) groups is 1. The highest BCUT2D eigenvalue weighted by molar-refractivity contribution is 9.10. The second-order valence-corrected chi connectivity index (χ2v) is 4.57. The Balaban J connectivity index is 1.96. The number of hydrazone groups is 1. The lowest BCUT2D eigenvalue weighted by molar-refractivity contribution is 0.0955. The summed E-state index contributed by atoms with van der Waals surface area (Å²) in [6.07, 6.45) is 1.46. The predicted octanol–water partition coefficient (Wildman–Crippen LogP) is 3.11. The largest absolute Gasteiger partial charge is 0.460 e. The number of aryl methyl sites for hydroxylation is 1. The molecule has 0 saturated heterocycles. The Bertz CT molecular complexity index is 573. The van der Waals surface area contributed by atoms with Gasteiger partial charge in [0, 0.05) is 10.0 Å². The molecule has 4 nitrogen and oxygen atoms in total. The molecule has 2 rings (SSSR count). The zero-order valence-corrected chi connectivity index (χ0v) is 11.3. The third-order valence-corrected chi connectivity index (χ3v) is 2.75. The number of hydrogen-bond donors (Lipinski definition) is 1. The van der Waals surface area contributed by atoms with Gasteiger partial charge in [0.25, 0.3) is 5.91 Å². The maximum absolute atomic E-state index is 11.7. The van der Waals surface area contributed by atoms with E-state index in [1.165, 1.54) is 6.21 Å². The molecule has 0 saturated carbocycles. The minimum absolute atomic E-state index is 0.262. The van der Waals surface area contributed by atoms with Gasteiger partial charge in [0.05, 0.1) is 6.21 Å². The number of carbonyl (C=O) groups excluding carboxylic acids is 1. The molecule has 0 fully saturated rings. The first-order valence-corrected chi connectivity index (χ1v) is 6.10. The van der Waals surface area contributed by atoms with Crippen LogP contribution in [0.2, 0.25) is 0 Å². The molecule has 1 aromatic carbocycles. The van der Waals surface area contributed by atoms with Gasteiger partial charge in [0.1, 0.15) is 11.5 Å². The minimum Gasteiger partial charge on any atom is -0.460 e. The van der Waals surface area contributed by atoms with Crippen LogP contribution in [-0.2, 0) is 0 Å². The summed E-state index contributed by atoms with van der Waals surface area (Å²) in [5.41, 5.74) is 2.98. The molecule has 1 N–H and O–H groups in total. The predicted molar refractivity (Wildman–Crippen MR) is 72.6 cm³/mol. The average Bonchev–Trinajstić information content (AvgIpc) is 2.76. The molecule has 0 spiro atoms. The lowest BCUT2D eigenvalue weighted by Gasteiger charge is -1.99. The Morgan fingerprint density at radius 1 is 1.28 bits per heavy atom. The van der Waals surface area contributed by atoms with Gasteiger partial charge in [-0.2, -0.15) is 5.10 Å². The number of furan rings is 1. The molecule has 1 aromatic heterocycles. The third kappa shape index (κ3) is 3.30. The van der Waals surface area contributed by atoms with Crippen LogP contribution in [0.25, 0.3) is 0 Å². The minimum atomic E-state index is -0.262. The number of halogens is 1. The number of amides is 1. The number of benzene rings is 1. The molecule has 1 heterocycles. The second kappa shape index (κ2) is 5.64. The lowest BCUT2D eigenvalue weighted by atomic mass is 10.2. The molecule has 2 aromatic rings. The summed E-state index contributed by atoms with van der Waals surface area (Å²) in [4.78, 5) is 11.7. The Kier molecular flexibility index (Phi) is 3.94. The summed E-state index contributed by atoms with van der Waals surface area (Å²) in [5, 5.41) is 3.82. The van der Waals surface area contributed by atoms with Crippen molar-refractivity contribution in [3.05, 3.63) is 58.0 Å². The zero-order chi connectivity index (χ0) is 13.0. The summed E-state index contributed by atoms with van der Waals surface area (Å²) in [5.74, 6) is 1.14. The smallest absolute Gasteiger partial charge is 0.271 e. The summed E-state index contributed by atoms with van der Waals surface area (Å²) >= 11 is 3.31. The van der Waals surface area contributed by atoms with Crippen molar-refractivity contribution in [1.29, 1.82) is 0 Å². The van der Waals surface area contributed by atoms with Crippen molar-refractivity contribution in [2.45, 2.75) is 6.92 Å². The average molecular weight is 307 g/mol. The van der Waals surface area contributed by atoms with Crippen LogP contribution in [-0.4, -0.2) is 12.1 Å². The van der Waals surface area contributed by atoms with Crippen molar-refractivity contribution in [2.75, 3.05) is 0 Å². The van der Waals surface area contributed by atoms with Crippen LogP contribution in [0, 0.1) is 6.92 Å². The van der Waals surface area contributed by atoms with Gasteiger partial charge in [-0.15, -0.1) is 0 Å². The molecule has 0 radical (unpaired) electrons. The highest BCUT2D eigenvalue weighted by Gasteiger charge is 2.03. The van der Waals surface area contributed by atoms with Crippen LogP contribution in [0.4, 0.5) is 0 Å². The highest BCUT2D eigenvalue weighted by atomic mass is 79.9. The van der Waals surface area contributed by atoms with Crippen LogP contribution < -0.4 is 5.43 Å². The molecule has 0 aliphatic rings. The van der Waals surface area contributed by atoms with Gasteiger partial charge in [-0.3, -0.25) is 4.79 Å². The molecule has 0 aliphatic heterocycles. The fourth-order valence-corrected chi connectivity index (χ4v) is 1.61. The van der Waals surface area contributed by atoms with Gasteiger partial charge in [-0.1, -0.05) is 15.9 Å². The SMILES string of the molecule is Cc1ccc(/C=N\NC(=O)c2ccc(Br)cc2)o1. The summed E-state index contributed by atoms with van der Waals surface area (Å²) in [7, 11) is 0. The quantitative estimate of drug-likeness (QED) is 0.699. The first kappa shape index (κ1) is 12.6. The van der Waals surface area contributed by atoms with Crippen LogP contribution >= 0.6 is 15.9 Å². The maximum atomic E-state index is 11.7. The van der Waals surface area contributed by atoms with Gasteiger partial charge in [-0.05, 0) is 43.3 Å². The molecule has 1 amide bonds. The van der Waals surface area contributed by atoms with Gasteiger partial charge in [-0.25, -0.2) is 5.43 Å². The van der Waals surface area contributed by atoms with Gasteiger partial charge >= 0.3 is 0 Å². The van der Waals surface area contributed by atoms with Crippen molar-refractivity contribution in [1.82, 2.24) is 5.43 Å². The van der Waals surface area contributed by atoms with E-state index in [-0.39, 0.29) is 5.91 Å². The van der Waals surface area contributed by atoms with Crippen LogP contribution in [0.1, 0.15) is 21.9 Å². The van der Waals surface area contributed by atoms with Crippen molar-refractivity contribution in [2.24, 2.45) is 5.10 Å². The molecule has 92 valence electrons. The topological polar surface area (TPSA) is 54.6 Å². The lowest BCUT2D eigenvalue weighted by Crippen LogP contribution is -2.17. The van der Waals surface area contributed by atoms with E-state index < -0.39 is 0 Å². The fourth-order valence-electron chi connectivity index (χ4n) is 1.34. The Hall–Kier alpha value is -1.88. The van der Waals surface area contributed by atoms with E-state index in [0.717, 1.165) is 10.2 Å². The first-order valence-electron chi connectivity index (χ1n) is 5.30. The fraction of sp³-hybridized carbons (Fsp3) is 0.0769. The second-order valence-electron chi connectivity index (χ2n) is 3.65. The molecular formula is C13H11BrN2O2. The van der Waals surface area contributed by atoms with Crippen LogP contribution in [0.3, 0.4) is 0 Å². The molecular weight excluding hydrogens is 296 g/mol. The van der Waals surface area contributed by atoms with Gasteiger partial charge in [0.15, 0.2) is 0 Å². The van der Waals surface area contributed by atoms with E-state index >= 15 is 0 Å². The summed E-state index contributed by atoms with van der Waals surface area (Å²) < 4.78 is 6.20. The van der Waals surface area contributed by atoms with Gasteiger partial charge in [0.2, 0.25) is 0 Å². The Labute approximate surface area is 113 Å². The van der Waals surface area contributed by atoms with Crippen molar-refractivity contribution in [3.63, 3.8) is 0 Å². The third-order valence-electron chi connectivity index (χ3n) is 2.23. The number of nitrogens with zero attached hydrogens (tertiary/aromatic N) is 1. The normalized spacial score (nSPS) is 10.8. The molecule has 0 aliphatic carbocycles. The van der Waals surface area contributed by atoms with E-state index in [9.17, 15) is 4.79 Å². The Morgan fingerprint density at radius 2 is 2.00 bits per heavy atom. The van der Waals surface area contributed by atoms with Crippen LogP contribution in [0.5, 0.6) is 0 Å². The highest BCUT2D eigenvalue weighted by Crippen LogP contribution is 2.10. The first-order chi connectivity index (χ1) is 8.65. The number of rotatable bonds is 3. The standard InChI is InChI=1S/C13H11BrN2O2/c1-9-2-7-12(18-9)8-15-16-13(17)10-3-5-11(14)6-4-10/h2-8H,1H3,(H,16,17)/b15-8-. The van der Waals surface area contributed by atoms with E-state index in [1.54, 1.807) is 30.3 Å². The van der Waals surface area contributed by atoms with Crippen molar-refractivity contribution >= 4 is 28.1 Å². The van der Waals surface area contributed by atoms with Crippen molar-refractivity contribution < 1.29 is 9.21 Å².